The number of aliphatic carboxylic acids is 1. The Morgan fingerprint density at radius 1 is 1.18 bits per heavy atom. The number of amides is 2. The number of carboxylic acids is 1. The summed E-state index contributed by atoms with van der Waals surface area (Å²) in [7, 11) is 0. The number of nitrogens with one attached hydrogen (secondary N) is 2. The van der Waals surface area contributed by atoms with Crippen LogP contribution in [0.3, 0.4) is 0 Å². The predicted molar refractivity (Wildman–Crippen MR) is 121 cm³/mol. The average Bonchev–Trinajstić information content (AvgIpc) is 3.39. The first-order valence-corrected chi connectivity index (χ1v) is 11.3. The minimum Gasteiger partial charge on any atom is -0.475 e. The molecule has 34 heavy (non-hydrogen) atoms. The molecule has 5 atom stereocenters. The van der Waals surface area contributed by atoms with Gasteiger partial charge in [-0.05, 0) is 56.4 Å². The fourth-order valence-electron chi connectivity index (χ4n) is 4.35. The average molecular weight is 484 g/mol. The van der Waals surface area contributed by atoms with Crippen molar-refractivity contribution in [1.29, 1.82) is 0 Å². The van der Waals surface area contributed by atoms with Crippen molar-refractivity contribution in [3.63, 3.8) is 0 Å². The van der Waals surface area contributed by atoms with Crippen LogP contribution in [-0.2, 0) is 20.8 Å². The maximum atomic E-state index is 12.3. The van der Waals surface area contributed by atoms with Crippen molar-refractivity contribution in [1.82, 2.24) is 10.6 Å². The Morgan fingerprint density at radius 2 is 1.82 bits per heavy atom. The molecule has 5 N–H and O–H groups in total. The molecular formula is C24H32F3N3O4. The van der Waals surface area contributed by atoms with Gasteiger partial charge in [0.25, 0.3) is 0 Å². The summed E-state index contributed by atoms with van der Waals surface area (Å²) < 4.78 is 31.7. The predicted octanol–water partition coefficient (Wildman–Crippen LogP) is 2.95. The quantitative estimate of drug-likeness (QED) is 0.424. The lowest BCUT2D eigenvalue weighted by molar-refractivity contribution is -0.192. The lowest BCUT2D eigenvalue weighted by Gasteiger charge is -2.22. The summed E-state index contributed by atoms with van der Waals surface area (Å²) >= 11 is 0. The van der Waals surface area contributed by atoms with Crippen LogP contribution >= 0.6 is 0 Å². The maximum Gasteiger partial charge on any atom is 0.490 e. The van der Waals surface area contributed by atoms with E-state index in [1.165, 1.54) is 24.8 Å². The van der Waals surface area contributed by atoms with E-state index in [4.69, 9.17) is 15.6 Å². The second-order valence-electron chi connectivity index (χ2n) is 8.88. The summed E-state index contributed by atoms with van der Waals surface area (Å²) in [6.07, 6.45) is 4.77. The van der Waals surface area contributed by atoms with Crippen molar-refractivity contribution < 1.29 is 32.7 Å². The van der Waals surface area contributed by atoms with E-state index in [1.807, 2.05) is 18.2 Å². The lowest BCUT2D eigenvalue weighted by Crippen LogP contribution is -2.43. The third-order valence-corrected chi connectivity index (χ3v) is 6.12. The van der Waals surface area contributed by atoms with Gasteiger partial charge in [-0.25, -0.2) is 4.79 Å². The highest BCUT2D eigenvalue weighted by molar-refractivity contribution is 5.88. The van der Waals surface area contributed by atoms with E-state index in [2.05, 4.69) is 22.8 Å². The Labute approximate surface area is 197 Å². The number of benzene rings is 1. The molecule has 0 aliphatic heterocycles. The van der Waals surface area contributed by atoms with Crippen molar-refractivity contribution in [3.8, 4) is 0 Å². The van der Waals surface area contributed by atoms with Crippen LogP contribution in [0.1, 0.15) is 44.6 Å². The highest BCUT2D eigenvalue weighted by Crippen LogP contribution is 2.44. The Kier molecular flexibility index (Phi) is 10.1. The maximum absolute atomic E-state index is 12.3. The van der Waals surface area contributed by atoms with Gasteiger partial charge in [-0.15, -0.1) is 0 Å². The fourth-order valence-corrected chi connectivity index (χ4v) is 4.35. The lowest BCUT2D eigenvalue weighted by atomic mass is 9.95. The molecule has 0 saturated heterocycles. The second kappa shape index (κ2) is 12.5. The number of hydrogen-bond donors (Lipinski definition) is 4. The zero-order valence-electron chi connectivity index (χ0n) is 19.1. The molecule has 2 aliphatic carbocycles. The minimum atomic E-state index is -5.08. The van der Waals surface area contributed by atoms with Crippen LogP contribution in [0.25, 0.3) is 0 Å². The van der Waals surface area contributed by atoms with Crippen LogP contribution in [0.5, 0.6) is 0 Å². The number of hydrogen-bond acceptors (Lipinski definition) is 4. The number of fused-ring (bicyclic) bond motifs is 2. The normalized spacial score (nSPS) is 23.0. The third kappa shape index (κ3) is 9.17. The van der Waals surface area contributed by atoms with Crippen molar-refractivity contribution in [2.75, 3.05) is 0 Å². The number of halogens is 3. The van der Waals surface area contributed by atoms with Gasteiger partial charge < -0.3 is 21.5 Å². The fraction of sp³-hybridized carbons (Fsp3) is 0.542. The Bertz CT molecular complexity index is 859. The van der Waals surface area contributed by atoms with Gasteiger partial charge in [0, 0.05) is 18.2 Å². The molecular weight excluding hydrogens is 451 g/mol. The van der Waals surface area contributed by atoms with Crippen LogP contribution in [-0.4, -0.2) is 47.2 Å². The van der Waals surface area contributed by atoms with E-state index in [0.717, 1.165) is 25.2 Å². The second-order valence-corrected chi connectivity index (χ2v) is 8.88. The molecule has 7 nitrogen and oxygen atoms in total. The Balaban J connectivity index is 0.000000509. The van der Waals surface area contributed by atoms with Crippen LogP contribution in [0, 0.1) is 11.8 Å². The summed E-state index contributed by atoms with van der Waals surface area (Å²) in [5.41, 5.74) is 6.88. The monoisotopic (exact) mass is 483 g/mol. The molecule has 0 radical (unpaired) electrons. The standard InChI is InChI=1S/C22H31N3O2.C2HF3O2/c1-15(23)22(27)24-19(10-8-16-5-3-2-4-6-16)11-12-21(26)25-20-14-17-7-9-18(20)13-17;3-2(4,5)1(6)7/h2-6,11-12,15,17-20H,7-10,13-14,23H2,1H3,(H,24,27)(H,25,26);(H,6,7)/b12-11+;/t15-,17+,18-,19-,20?;/m0./s1. The number of aryl methyl sites for hydroxylation is 1. The van der Waals surface area contributed by atoms with Crippen molar-refractivity contribution >= 4 is 17.8 Å². The number of rotatable bonds is 8. The van der Waals surface area contributed by atoms with Crippen molar-refractivity contribution in [3.05, 3.63) is 48.0 Å². The first kappa shape index (κ1) is 27.4. The van der Waals surface area contributed by atoms with Gasteiger partial charge in [0.05, 0.1) is 6.04 Å². The summed E-state index contributed by atoms with van der Waals surface area (Å²) in [6.45, 7) is 1.66. The molecule has 0 heterocycles. The summed E-state index contributed by atoms with van der Waals surface area (Å²) in [4.78, 5) is 33.2. The summed E-state index contributed by atoms with van der Waals surface area (Å²) in [6, 6.07) is 9.66. The van der Waals surface area contributed by atoms with Gasteiger partial charge in [-0.2, -0.15) is 13.2 Å². The summed E-state index contributed by atoms with van der Waals surface area (Å²) in [5, 5.41) is 13.2. The molecule has 0 spiro atoms. The van der Waals surface area contributed by atoms with E-state index in [-0.39, 0.29) is 17.9 Å². The minimum absolute atomic E-state index is 0.0627. The van der Waals surface area contributed by atoms with E-state index in [9.17, 15) is 22.8 Å². The van der Waals surface area contributed by atoms with Crippen LogP contribution in [0.4, 0.5) is 13.2 Å². The highest BCUT2D eigenvalue weighted by atomic mass is 19.4. The molecule has 2 amide bonds. The van der Waals surface area contributed by atoms with Gasteiger partial charge in [0.2, 0.25) is 11.8 Å². The van der Waals surface area contributed by atoms with E-state index in [1.54, 1.807) is 19.1 Å². The Morgan fingerprint density at radius 3 is 2.32 bits per heavy atom. The molecule has 3 rings (SSSR count). The molecule has 2 fully saturated rings. The molecule has 10 heteroatoms. The van der Waals surface area contributed by atoms with E-state index >= 15 is 0 Å². The van der Waals surface area contributed by atoms with Gasteiger partial charge in [0.1, 0.15) is 0 Å². The zero-order valence-corrected chi connectivity index (χ0v) is 19.1. The van der Waals surface area contributed by atoms with Crippen molar-refractivity contribution in [2.24, 2.45) is 17.6 Å². The third-order valence-electron chi connectivity index (χ3n) is 6.12. The molecule has 1 aromatic rings. The van der Waals surface area contributed by atoms with E-state index in [0.29, 0.717) is 12.0 Å². The highest BCUT2D eigenvalue weighted by Gasteiger charge is 2.40. The number of alkyl halides is 3. The molecule has 0 aromatic heterocycles. The van der Waals surface area contributed by atoms with Crippen LogP contribution < -0.4 is 16.4 Å². The van der Waals surface area contributed by atoms with Crippen LogP contribution in [0.2, 0.25) is 0 Å². The molecule has 2 bridgehead atoms. The van der Waals surface area contributed by atoms with E-state index < -0.39 is 18.2 Å². The summed E-state index contributed by atoms with van der Waals surface area (Å²) in [5.74, 6) is -1.57. The van der Waals surface area contributed by atoms with Gasteiger partial charge in [-0.1, -0.05) is 42.8 Å². The smallest absolute Gasteiger partial charge is 0.475 e. The molecule has 1 unspecified atom stereocenters. The number of carbonyl (C=O) groups excluding carboxylic acids is 2. The largest absolute Gasteiger partial charge is 0.490 e. The molecule has 1 aromatic carbocycles. The molecule has 2 aliphatic rings. The number of carboxylic acid groups (broad SMARTS) is 1. The van der Waals surface area contributed by atoms with Crippen molar-refractivity contribution in [2.45, 2.75) is 69.8 Å². The van der Waals surface area contributed by atoms with Gasteiger partial charge >= 0.3 is 12.1 Å². The van der Waals surface area contributed by atoms with Crippen LogP contribution in [0.15, 0.2) is 42.5 Å². The SMILES string of the molecule is C[C@H](N)C(=O)N[C@H](/C=C/C(=O)NC1C[C@@H]2CC[C@H]1C2)CCc1ccccc1.O=C(O)C(F)(F)F. The topological polar surface area (TPSA) is 122 Å². The Hall–Kier alpha value is -2.88. The number of nitrogens with two attached hydrogens (primary N) is 1. The first-order chi connectivity index (χ1) is 16.0. The molecule has 188 valence electrons. The van der Waals surface area contributed by atoms with Gasteiger partial charge in [-0.3, -0.25) is 9.59 Å². The first-order valence-electron chi connectivity index (χ1n) is 11.3. The zero-order chi connectivity index (χ0) is 25.3. The number of carbonyl (C=O) groups is 3. The molecule has 2 saturated carbocycles. The van der Waals surface area contributed by atoms with Gasteiger partial charge in [0.15, 0.2) is 0 Å².